The fourth-order valence-corrected chi connectivity index (χ4v) is 5.99. The van der Waals surface area contributed by atoms with E-state index < -0.39 is 0 Å². The number of halogens is 1. The summed E-state index contributed by atoms with van der Waals surface area (Å²) in [4.78, 5) is 17.9. The van der Waals surface area contributed by atoms with Gasteiger partial charge in [0.25, 0.3) is 0 Å². The lowest BCUT2D eigenvalue weighted by molar-refractivity contribution is -0.138. The molecule has 1 amide bonds. The third-order valence-electron chi connectivity index (χ3n) is 7.92. The molecule has 5 heteroatoms. The van der Waals surface area contributed by atoms with Crippen molar-refractivity contribution in [2.45, 2.75) is 38.9 Å². The van der Waals surface area contributed by atoms with Gasteiger partial charge in [-0.25, -0.2) is 0 Å². The van der Waals surface area contributed by atoms with E-state index in [0.717, 1.165) is 63.6 Å². The van der Waals surface area contributed by atoms with Crippen molar-refractivity contribution in [1.82, 2.24) is 14.4 Å². The highest BCUT2D eigenvalue weighted by atomic mass is 35.5. The number of piperidine rings is 1. The van der Waals surface area contributed by atoms with Gasteiger partial charge in [0.15, 0.2) is 0 Å². The molecule has 36 heavy (non-hydrogen) atoms. The van der Waals surface area contributed by atoms with E-state index in [4.69, 9.17) is 11.6 Å². The summed E-state index contributed by atoms with van der Waals surface area (Å²) in [6, 6.07) is 27.6. The van der Waals surface area contributed by atoms with Crippen LogP contribution < -0.4 is 0 Å². The highest BCUT2D eigenvalue weighted by Gasteiger charge is 2.30. The number of nitrogens with zero attached hydrogens (tertiary/aromatic N) is 3. The molecule has 0 spiro atoms. The largest absolute Gasteiger partial charge is 0.339 e. The minimum atomic E-state index is 0.145. The molecule has 4 aromatic rings. The van der Waals surface area contributed by atoms with Crippen LogP contribution in [0, 0.1) is 5.92 Å². The number of aromatic nitrogens is 1. The van der Waals surface area contributed by atoms with E-state index in [9.17, 15) is 4.79 Å². The number of rotatable bonds is 5. The van der Waals surface area contributed by atoms with Crippen LogP contribution in [-0.4, -0.2) is 39.9 Å². The van der Waals surface area contributed by atoms with Gasteiger partial charge in [0.1, 0.15) is 0 Å². The van der Waals surface area contributed by atoms with Gasteiger partial charge in [0.2, 0.25) is 5.91 Å². The van der Waals surface area contributed by atoms with Gasteiger partial charge in [-0.1, -0.05) is 66.2 Å². The molecule has 3 aromatic carbocycles. The van der Waals surface area contributed by atoms with E-state index in [1.807, 2.05) is 12.1 Å². The fraction of sp³-hybridized carbons (Fsp3) is 0.323. The summed E-state index contributed by atoms with van der Waals surface area (Å²) in [6.45, 7) is 5.26. The van der Waals surface area contributed by atoms with E-state index in [0.29, 0.717) is 5.91 Å². The van der Waals surface area contributed by atoms with Crippen molar-refractivity contribution in [2.24, 2.45) is 5.92 Å². The van der Waals surface area contributed by atoms with Crippen LogP contribution in [-0.2, 0) is 30.8 Å². The molecular weight excluding hydrogens is 466 g/mol. The molecule has 184 valence electrons. The van der Waals surface area contributed by atoms with Crippen LogP contribution in [0.2, 0.25) is 5.02 Å². The first-order valence-corrected chi connectivity index (χ1v) is 13.4. The second-order valence-corrected chi connectivity index (χ2v) is 10.7. The molecule has 0 aliphatic carbocycles. The minimum absolute atomic E-state index is 0.145. The molecule has 4 nitrogen and oxygen atoms in total. The lowest BCUT2D eigenvalue weighted by Crippen LogP contribution is -2.44. The van der Waals surface area contributed by atoms with Crippen molar-refractivity contribution in [3.63, 3.8) is 0 Å². The third kappa shape index (κ3) is 4.80. The molecule has 1 aromatic heterocycles. The van der Waals surface area contributed by atoms with E-state index in [1.54, 1.807) is 0 Å². The second kappa shape index (κ2) is 10.1. The molecule has 0 bridgehead atoms. The monoisotopic (exact) mass is 497 g/mol. The molecule has 0 saturated carbocycles. The lowest BCUT2D eigenvalue weighted by atomic mass is 9.93. The first-order valence-electron chi connectivity index (χ1n) is 13.0. The van der Waals surface area contributed by atoms with Crippen LogP contribution in [0.15, 0.2) is 78.9 Å². The summed E-state index contributed by atoms with van der Waals surface area (Å²) < 4.78 is 2.43. The Hall–Kier alpha value is -3.08. The van der Waals surface area contributed by atoms with Gasteiger partial charge in [-0.3, -0.25) is 9.69 Å². The molecule has 0 atom stereocenters. The zero-order chi connectivity index (χ0) is 24.5. The molecule has 2 aliphatic rings. The number of hydrogen-bond acceptors (Lipinski definition) is 2. The highest BCUT2D eigenvalue weighted by molar-refractivity contribution is 6.30. The topological polar surface area (TPSA) is 28.5 Å². The Morgan fingerprint density at radius 1 is 0.833 bits per heavy atom. The number of carbonyl (C=O) groups is 1. The minimum Gasteiger partial charge on any atom is -0.339 e. The Morgan fingerprint density at radius 2 is 1.56 bits per heavy atom. The SMILES string of the molecule is O=C(C1CCN(Cc2cc3ccccc3n2Cc2ccc(Cl)cc2)CC1)N1CCc2ccccc2C1. The van der Waals surface area contributed by atoms with Crippen molar-refractivity contribution < 1.29 is 4.79 Å². The molecule has 1 fully saturated rings. The van der Waals surface area contributed by atoms with Crippen molar-refractivity contribution in [2.75, 3.05) is 19.6 Å². The molecule has 2 aliphatic heterocycles. The number of para-hydroxylation sites is 1. The van der Waals surface area contributed by atoms with Crippen LogP contribution in [0.25, 0.3) is 10.9 Å². The van der Waals surface area contributed by atoms with Crippen molar-refractivity contribution in [1.29, 1.82) is 0 Å². The molecular formula is C31H32ClN3O. The summed E-state index contributed by atoms with van der Waals surface area (Å²) in [5, 5.41) is 2.04. The third-order valence-corrected chi connectivity index (χ3v) is 8.17. The molecule has 0 radical (unpaired) electrons. The fourth-order valence-electron chi connectivity index (χ4n) is 5.87. The zero-order valence-electron chi connectivity index (χ0n) is 20.6. The van der Waals surface area contributed by atoms with Crippen LogP contribution in [0.4, 0.5) is 0 Å². The van der Waals surface area contributed by atoms with Crippen molar-refractivity contribution in [3.8, 4) is 0 Å². The zero-order valence-corrected chi connectivity index (χ0v) is 21.3. The maximum atomic E-state index is 13.3. The van der Waals surface area contributed by atoms with Gasteiger partial charge in [0, 0.05) is 48.3 Å². The molecule has 6 rings (SSSR count). The van der Waals surface area contributed by atoms with Crippen LogP contribution in [0.5, 0.6) is 0 Å². The van der Waals surface area contributed by atoms with E-state index in [1.165, 1.54) is 33.3 Å². The summed E-state index contributed by atoms with van der Waals surface area (Å²) in [6.07, 6.45) is 2.85. The maximum Gasteiger partial charge on any atom is 0.226 e. The summed E-state index contributed by atoms with van der Waals surface area (Å²) in [5.74, 6) is 0.493. The average molecular weight is 498 g/mol. The standard InChI is InChI=1S/C31H32ClN3O/c32-28-11-9-23(10-12-28)20-35-29(19-26-6-3-4-8-30(26)35)22-33-16-13-25(14-17-33)31(36)34-18-15-24-5-1-2-7-27(24)21-34/h1-12,19,25H,13-18,20-22H2. The predicted octanol–water partition coefficient (Wildman–Crippen LogP) is 6.14. The van der Waals surface area contributed by atoms with Crippen LogP contribution in [0.1, 0.15) is 35.2 Å². The Balaban J connectivity index is 1.12. The normalized spacial score (nSPS) is 16.9. The van der Waals surface area contributed by atoms with Gasteiger partial charge in [-0.2, -0.15) is 0 Å². The quantitative estimate of drug-likeness (QED) is 0.331. The number of benzene rings is 3. The average Bonchev–Trinajstić information content (AvgIpc) is 3.26. The first kappa shape index (κ1) is 23.3. The van der Waals surface area contributed by atoms with Gasteiger partial charge in [-0.05, 0) is 78.7 Å². The van der Waals surface area contributed by atoms with E-state index in [-0.39, 0.29) is 5.92 Å². The predicted molar refractivity (Wildman–Crippen MR) is 146 cm³/mol. The second-order valence-electron chi connectivity index (χ2n) is 10.2. The Morgan fingerprint density at radius 3 is 2.36 bits per heavy atom. The first-order chi connectivity index (χ1) is 17.6. The van der Waals surface area contributed by atoms with Crippen molar-refractivity contribution in [3.05, 3.63) is 106 Å². The van der Waals surface area contributed by atoms with E-state index in [2.05, 4.69) is 81.1 Å². The number of amides is 1. The summed E-state index contributed by atoms with van der Waals surface area (Å²) in [7, 11) is 0. The van der Waals surface area contributed by atoms with Gasteiger partial charge in [0.05, 0.1) is 0 Å². The van der Waals surface area contributed by atoms with Gasteiger partial charge >= 0.3 is 0 Å². The Bertz CT molecular complexity index is 1370. The molecule has 0 unspecified atom stereocenters. The molecule has 0 N–H and O–H groups in total. The Kier molecular flexibility index (Phi) is 6.56. The smallest absolute Gasteiger partial charge is 0.226 e. The van der Waals surface area contributed by atoms with Gasteiger partial charge < -0.3 is 9.47 Å². The summed E-state index contributed by atoms with van der Waals surface area (Å²) in [5.41, 5.74) is 6.53. The van der Waals surface area contributed by atoms with E-state index >= 15 is 0 Å². The lowest BCUT2D eigenvalue weighted by Gasteiger charge is -2.36. The number of hydrogen-bond donors (Lipinski definition) is 0. The van der Waals surface area contributed by atoms with Crippen LogP contribution in [0.3, 0.4) is 0 Å². The molecule has 3 heterocycles. The molecule has 1 saturated heterocycles. The van der Waals surface area contributed by atoms with Gasteiger partial charge in [-0.15, -0.1) is 0 Å². The van der Waals surface area contributed by atoms with Crippen LogP contribution >= 0.6 is 11.6 Å². The highest BCUT2D eigenvalue weighted by Crippen LogP contribution is 2.27. The maximum absolute atomic E-state index is 13.3. The Labute approximate surface area is 218 Å². The summed E-state index contributed by atoms with van der Waals surface area (Å²) >= 11 is 6.11. The number of carbonyl (C=O) groups excluding carboxylic acids is 1. The number of likely N-dealkylation sites (tertiary alicyclic amines) is 1. The van der Waals surface area contributed by atoms with Crippen molar-refractivity contribution >= 4 is 28.4 Å². The number of fused-ring (bicyclic) bond motifs is 2.